The molecule has 0 radical (unpaired) electrons. The fourth-order valence-electron chi connectivity index (χ4n) is 2.13. The molecule has 112 valence electrons. The van der Waals surface area contributed by atoms with Crippen LogP contribution in [0.1, 0.15) is 23.9 Å². The Morgan fingerprint density at radius 3 is 2.67 bits per heavy atom. The van der Waals surface area contributed by atoms with E-state index in [0.29, 0.717) is 18.7 Å². The largest absolute Gasteiger partial charge is 0.481 e. The summed E-state index contributed by atoms with van der Waals surface area (Å²) in [5, 5.41) is 4.40. The molecule has 0 bridgehead atoms. The summed E-state index contributed by atoms with van der Waals surface area (Å²) in [5.74, 6) is 0.682. The molecule has 2 rings (SSSR count). The first-order valence-electron chi connectivity index (χ1n) is 6.76. The number of aromatic nitrogens is 3. The van der Waals surface area contributed by atoms with E-state index in [9.17, 15) is 4.79 Å². The van der Waals surface area contributed by atoms with Gasteiger partial charge in [0.2, 0.25) is 5.88 Å². The Kier molecular flexibility index (Phi) is 5.12. The number of hydrogen-bond donors (Lipinski definition) is 0. The maximum atomic E-state index is 12.2. The number of methoxy groups -OCH3 is 1. The highest BCUT2D eigenvalue weighted by atomic mass is 79.9. The van der Waals surface area contributed by atoms with E-state index < -0.39 is 0 Å². The van der Waals surface area contributed by atoms with Crippen LogP contribution in [0.2, 0.25) is 0 Å². The quantitative estimate of drug-likeness (QED) is 0.802. The molecule has 0 unspecified atom stereocenters. The lowest BCUT2D eigenvalue weighted by Gasteiger charge is -2.04. The van der Waals surface area contributed by atoms with Gasteiger partial charge in [0.05, 0.1) is 23.0 Å². The second-order valence-electron chi connectivity index (χ2n) is 4.79. The van der Waals surface area contributed by atoms with Crippen molar-refractivity contribution in [3.05, 3.63) is 39.8 Å². The summed E-state index contributed by atoms with van der Waals surface area (Å²) < 4.78 is 7.71. The maximum Gasteiger partial charge on any atom is 0.212 e. The minimum absolute atomic E-state index is 0.133. The van der Waals surface area contributed by atoms with Crippen molar-refractivity contribution in [2.24, 2.45) is 7.05 Å². The van der Waals surface area contributed by atoms with E-state index in [2.05, 4.69) is 26.0 Å². The van der Waals surface area contributed by atoms with E-state index in [1.165, 1.54) is 0 Å². The van der Waals surface area contributed by atoms with Gasteiger partial charge < -0.3 is 4.74 Å². The number of pyridine rings is 1. The molecule has 2 heterocycles. The van der Waals surface area contributed by atoms with Gasteiger partial charge in [0.15, 0.2) is 0 Å². The Labute approximate surface area is 132 Å². The zero-order chi connectivity index (χ0) is 15.4. The monoisotopic (exact) mass is 351 g/mol. The average molecular weight is 352 g/mol. The third-order valence-corrected chi connectivity index (χ3v) is 4.19. The van der Waals surface area contributed by atoms with Crippen LogP contribution >= 0.6 is 15.9 Å². The van der Waals surface area contributed by atoms with Crippen molar-refractivity contribution >= 4 is 21.7 Å². The highest BCUT2D eigenvalue weighted by Gasteiger charge is 2.16. The van der Waals surface area contributed by atoms with E-state index in [0.717, 1.165) is 27.8 Å². The Hall–Kier alpha value is -1.69. The highest BCUT2D eigenvalue weighted by Crippen LogP contribution is 2.22. The molecule has 0 fully saturated rings. The Morgan fingerprint density at radius 1 is 1.38 bits per heavy atom. The number of hydrogen-bond acceptors (Lipinski definition) is 4. The summed E-state index contributed by atoms with van der Waals surface area (Å²) in [6, 6.07) is 3.62. The fraction of sp³-hybridized carbons (Fsp3) is 0.400. The molecule has 0 aliphatic rings. The molecule has 2 aromatic rings. The summed E-state index contributed by atoms with van der Waals surface area (Å²) in [4.78, 5) is 16.3. The number of halogens is 1. The van der Waals surface area contributed by atoms with Crippen molar-refractivity contribution in [2.45, 2.75) is 26.2 Å². The van der Waals surface area contributed by atoms with Crippen LogP contribution in [0.5, 0.6) is 5.88 Å². The van der Waals surface area contributed by atoms with Crippen molar-refractivity contribution in [2.75, 3.05) is 7.11 Å². The summed E-state index contributed by atoms with van der Waals surface area (Å²) in [6.07, 6.45) is 3.23. The van der Waals surface area contributed by atoms with E-state index in [1.54, 1.807) is 24.1 Å². The number of ketones is 1. The van der Waals surface area contributed by atoms with Crippen LogP contribution in [0.25, 0.3) is 0 Å². The standard InChI is InChI=1S/C15H18BrN3O2/c1-4-12-15(16)13(19(2)18-12)8-11(20)7-10-5-6-14(21-3)17-9-10/h5-6,9H,4,7-8H2,1-3H3. The van der Waals surface area contributed by atoms with Gasteiger partial charge in [0, 0.05) is 32.2 Å². The van der Waals surface area contributed by atoms with Crippen LogP contribution in [0.15, 0.2) is 22.8 Å². The van der Waals surface area contributed by atoms with Gasteiger partial charge in [-0.2, -0.15) is 5.10 Å². The Bertz CT molecular complexity index is 635. The van der Waals surface area contributed by atoms with Gasteiger partial charge in [-0.1, -0.05) is 13.0 Å². The van der Waals surface area contributed by atoms with Crippen LogP contribution in [-0.4, -0.2) is 27.7 Å². The van der Waals surface area contributed by atoms with Gasteiger partial charge in [-0.25, -0.2) is 4.98 Å². The minimum Gasteiger partial charge on any atom is -0.481 e. The zero-order valence-corrected chi connectivity index (χ0v) is 14.0. The van der Waals surface area contributed by atoms with Gasteiger partial charge in [0.1, 0.15) is 5.78 Å². The van der Waals surface area contributed by atoms with Gasteiger partial charge >= 0.3 is 0 Å². The minimum atomic E-state index is 0.133. The van der Waals surface area contributed by atoms with Gasteiger partial charge in [0.25, 0.3) is 0 Å². The molecule has 0 aliphatic carbocycles. The molecule has 0 N–H and O–H groups in total. The second-order valence-corrected chi connectivity index (χ2v) is 5.58. The molecule has 21 heavy (non-hydrogen) atoms. The number of rotatable bonds is 6. The van der Waals surface area contributed by atoms with Gasteiger partial charge in [-0.15, -0.1) is 0 Å². The smallest absolute Gasteiger partial charge is 0.212 e. The third kappa shape index (κ3) is 3.69. The predicted molar refractivity (Wildman–Crippen MR) is 83.5 cm³/mol. The van der Waals surface area contributed by atoms with Crippen molar-refractivity contribution in [3.63, 3.8) is 0 Å². The van der Waals surface area contributed by atoms with Gasteiger partial charge in [-0.05, 0) is 27.9 Å². The van der Waals surface area contributed by atoms with Gasteiger partial charge in [-0.3, -0.25) is 9.48 Å². The van der Waals surface area contributed by atoms with E-state index >= 15 is 0 Å². The molecular formula is C15H18BrN3O2. The van der Waals surface area contributed by atoms with E-state index in [1.807, 2.05) is 20.0 Å². The molecular weight excluding hydrogens is 334 g/mol. The molecule has 0 aliphatic heterocycles. The molecule has 2 aromatic heterocycles. The molecule has 0 aromatic carbocycles. The first-order valence-corrected chi connectivity index (χ1v) is 7.55. The molecule has 0 atom stereocenters. The Morgan fingerprint density at radius 2 is 2.14 bits per heavy atom. The fourth-order valence-corrected chi connectivity index (χ4v) is 2.88. The molecule has 0 saturated carbocycles. The van der Waals surface area contributed by atoms with Crippen molar-refractivity contribution in [1.82, 2.24) is 14.8 Å². The maximum absolute atomic E-state index is 12.2. The van der Waals surface area contributed by atoms with Crippen molar-refractivity contribution < 1.29 is 9.53 Å². The average Bonchev–Trinajstić information content (AvgIpc) is 2.75. The highest BCUT2D eigenvalue weighted by molar-refractivity contribution is 9.10. The van der Waals surface area contributed by atoms with Crippen LogP contribution < -0.4 is 4.74 Å². The number of aryl methyl sites for hydroxylation is 2. The Balaban J connectivity index is 2.06. The first-order chi connectivity index (χ1) is 10.0. The SMILES string of the molecule is CCc1nn(C)c(CC(=O)Cc2ccc(OC)nc2)c1Br. The lowest BCUT2D eigenvalue weighted by Crippen LogP contribution is -2.10. The van der Waals surface area contributed by atoms with Crippen molar-refractivity contribution in [1.29, 1.82) is 0 Å². The lowest BCUT2D eigenvalue weighted by molar-refractivity contribution is -0.117. The predicted octanol–water partition coefficient (Wildman–Crippen LogP) is 2.50. The van der Waals surface area contributed by atoms with Crippen LogP contribution in [0.3, 0.4) is 0 Å². The zero-order valence-electron chi connectivity index (χ0n) is 12.4. The topological polar surface area (TPSA) is 57.0 Å². The number of carbonyl (C=O) groups excluding carboxylic acids is 1. The number of ether oxygens (including phenoxy) is 1. The van der Waals surface area contributed by atoms with E-state index in [-0.39, 0.29) is 5.78 Å². The van der Waals surface area contributed by atoms with Crippen LogP contribution in [-0.2, 0) is 31.1 Å². The molecule has 0 saturated heterocycles. The normalized spacial score (nSPS) is 10.7. The summed E-state index contributed by atoms with van der Waals surface area (Å²) in [7, 11) is 3.43. The van der Waals surface area contributed by atoms with Crippen LogP contribution in [0, 0.1) is 0 Å². The number of nitrogens with zero attached hydrogens (tertiary/aromatic N) is 3. The van der Waals surface area contributed by atoms with Crippen LogP contribution in [0.4, 0.5) is 0 Å². The summed E-state index contributed by atoms with van der Waals surface area (Å²) in [5.41, 5.74) is 2.78. The first kappa shape index (κ1) is 15.7. The summed E-state index contributed by atoms with van der Waals surface area (Å²) in [6.45, 7) is 2.04. The number of Topliss-reactive ketones (excluding diaryl/α,β-unsaturated/α-hetero) is 1. The molecule has 5 nitrogen and oxygen atoms in total. The molecule has 0 spiro atoms. The summed E-state index contributed by atoms with van der Waals surface area (Å²) >= 11 is 3.53. The molecule has 6 heteroatoms. The molecule has 0 amide bonds. The second kappa shape index (κ2) is 6.85. The van der Waals surface area contributed by atoms with Crippen molar-refractivity contribution in [3.8, 4) is 5.88 Å². The third-order valence-electron chi connectivity index (χ3n) is 3.28. The number of carbonyl (C=O) groups is 1. The lowest BCUT2D eigenvalue weighted by atomic mass is 10.1. The van der Waals surface area contributed by atoms with E-state index in [4.69, 9.17) is 4.74 Å².